The standard InChI is InChI=1S/C26H28N4O5/c1-26(2,3)22(24(32)33)28-23(31)20-13-21(30(4)29-20)27-25(34)35-14-19-17-11-7-5-9-15(17)16-10-6-8-12-18(16)19/h5-13,19,22H,14H2,1-4H3,(H,27,34)(H,28,31)(H,32,33)/t22-/m1/s1. The van der Waals surface area contributed by atoms with Crippen LogP contribution in [0.1, 0.15) is 48.3 Å². The van der Waals surface area contributed by atoms with Crippen LogP contribution in [0.3, 0.4) is 0 Å². The summed E-state index contributed by atoms with van der Waals surface area (Å²) in [5.74, 6) is -1.62. The first-order valence-electron chi connectivity index (χ1n) is 11.3. The summed E-state index contributed by atoms with van der Waals surface area (Å²) in [5, 5.41) is 18.6. The summed E-state index contributed by atoms with van der Waals surface area (Å²) >= 11 is 0. The highest BCUT2D eigenvalue weighted by Crippen LogP contribution is 2.44. The lowest BCUT2D eigenvalue weighted by molar-refractivity contribution is -0.142. The number of nitrogens with zero attached hydrogens (tertiary/aromatic N) is 2. The van der Waals surface area contributed by atoms with Gasteiger partial charge in [-0.15, -0.1) is 0 Å². The Bertz CT molecular complexity index is 1250. The van der Waals surface area contributed by atoms with Crippen LogP contribution in [0, 0.1) is 5.41 Å². The molecule has 0 fully saturated rings. The molecule has 9 heteroatoms. The molecule has 35 heavy (non-hydrogen) atoms. The number of anilines is 1. The lowest BCUT2D eigenvalue weighted by Crippen LogP contribution is -2.49. The normalized spacial score (nSPS) is 13.5. The molecule has 0 aliphatic heterocycles. The molecule has 1 aromatic heterocycles. The van der Waals surface area contributed by atoms with Gasteiger partial charge in [0.15, 0.2) is 5.69 Å². The molecule has 0 unspecified atom stereocenters. The number of nitrogens with one attached hydrogen (secondary N) is 2. The summed E-state index contributed by atoms with van der Waals surface area (Å²) in [6, 6.07) is 16.4. The molecule has 0 radical (unpaired) electrons. The minimum absolute atomic E-state index is 0.0167. The Hall–Kier alpha value is -4.14. The smallest absolute Gasteiger partial charge is 0.412 e. The Morgan fingerprint density at radius 2 is 1.63 bits per heavy atom. The highest BCUT2D eigenvalue weighted by Gasteiger charge is 2.33. The first-order chi connectivity index (χ1) is 16.6. The van der Waals surface area contributed by atoms with Gasteiger partial charge in [0.2, 0.25) is 0 Å². The van der Waals surface area contributed by atoms with Crippen molar-refractivity contribution < 1.29 is 24.2 Å². The van der Waals surface area contributed by atoms with E-state index in [0.717, 1.165) is 22.3 Å². The fraction of sp³-hybridized carbons (Fsp3) is 0.308. The molecule has 3 aromatic rings. The van der Waals surface area contributed by atoms with Gasteiger partial charge in [0.1, 0.15) is 18.5 Å². The highest BCUT2D eigenvalue weighted by atomic mass is 16.5. The maximum absolute atomic E-state index is 12.6. The number of carbonyl (C=O) groups is 3. The lowest BCUT2D eigenvalue weighted by atomic mass is 9.86. The van der Waals surface area contributed by atoms with Crippen molar-refractivity contribution in [1.29, 1.82) is 0 Å². The summed E-state index contributed by atoms with van der Waals surface area (Å²) < 4.78 is 6.86. The van der Waals surface area contributed by atoms with Crippen LogP contribution in [0.2, 0.25) is 0 Å². The predicted molar refractivity (Wildman–Crippen MR) is 130 cm³/mol. The molecule has 0 spiro atoms. The van der Waals surface area contributed by atoms with Crippen LogP contribution in [-0.2, 0) is 16.6 Å². The van der Waals surface area contributed by atoms with Crippen LogP contribution in [0.25, 0.3) is 11.1 Å². The van der Waals surface area contributed by atoms with Gasteiger partial charge in [-0.2, -0.15) is 5.10 Å². The molecule has 182 valence electrons. The number of benzene rings is 2. The minimum atomic E-state index is -1.14. The van der Waals surface area contributed by atoms with Crippen molar-refractivity contribution in [3.05, 3.63) is 71.4 Å². The number of aromatic nitrogens is 2. The molecule has 1 atom stereocenters. The van der Waals surface area contributed by atoms with E-state index in [-0.39, 0.29) is 24.0 Å². The zero-order chi connectivity index (χ0) is 25.3. The third-order valence-electron chi connectivity index (χ3n) is 6.07. The van der Waals surface area contributed by atoms with Gasteiger partial charge in [-0.25, -0.2) is 9.59 Å². The Balaban J connectivity index is 1.42. The fourth-order valence-electron chi connectivity index (χ4n) is 4.29. The number of hydrogen-bond donors (Lipinski definition) is 3. The molecule has 2 amide bonds. The number of ether oxygens (including phenoxy) is 1. The van der Waals surface area contributed by atoms with Crippen LogP contribution in [0.15, 0.2) is 54.6 Å². The third-order valence-corrected chi connectivity index (χ3v) is 6.07. The molecule has 1 aliphatic rings. The Labute approximate surface area is 203 Å². The number of fused-ring (bicyclic) bond motifs is 3. The number of amides is 2. The van der Waals surface area contributed by atoms with E-state index in [4.69, 9.17) is 4.74 Å². The Morgan fingerprint density at radius 3 is 2.17 bits per heavy atom. The van der Waals surface area contributed by atoms with E-state index in [9.17, 15) is 19.5 Å². The van der Waals surface area contributed by atoms with Gasteiger partial charge in [-0.1, -0.05) is 69.3 Å². The summed E-state index contributed by atoms with van der Waals surface area (Å²) in [4.78, 5) is 36.7. The molecule has 2 aromatic carbocycles. The lowest BCUT2D eigenvalue weighted by Gasteiger charge is -2.27. The van der Waals surface area contributed by atoms with Crippen molar-refractivity contribution in [2.75, 3.05) is 11.9 Å². The number of aryl methyl sites for hydroxylation is 1. The van der Waals surface area contributed by atoms with Gasteiger partial charge < -0.3 is 15.2 Å². The van der Waals surface area contributed by atoms with Crippen molar-refractivity contribution in [3.8, 4) is 11.1 Å². The number of hydrogen-bond acceptors (Lipinski definition) is 5. The number of carbonyl (C=O) groups excluding carboxylic acids is 2. The van der Waals surface area contributed by atoms with Crippen molar-refractivity contribution in [1.82, 2.24) is 15.1 Å². The Morgan fingerprint density at radius 1 is 1.06 bits per heavy atom. The monoisotopic (exact) mass is 476 g/mol. The Kier molecular flexibility index (Phi) is 6.34. The van der Waals surface area contributed by atoms with Crippen LogP contribution in [0.5, 0.6) is 0 Å². The molecule has 3 N–H and O–H groups in total. The van der Waals surface area contributed by atoms with Gasteiger partial charge in [-0.05, 0) is 27.7 Å². The molecule has 1 heterocycles. The summed E-state index contributed by atoms with van der Waals surface area (Å²) in [6.45, 7) is 5.30. The van der Waals surface area contributed by atoms with E-state index in [2.05, 4.69) is 27.9 Å². The van der Waals surface area contributed by atoms with Crippen LogP contribution >= 0.6 is 0 Å². The zero-order valence-electron chi connectivity index (χ0n) is 20.0. The third kappa shape index (κ3) is 4.89. The average Bonchev–Trinajstić information content (AvgIpc) is 3.32. The molecule has 1 aliphatic carbocycles. The largest absolute Gasteiger partial charge is 0.480 e. The molecular weight excluding hydrogens is 448 g/mol. The van der Waals surface area contributed by atoms with Crippen LogP contribution in [-0.4, -0.2) is 45.5 Å². The minimum Gasteiger partial charge on any atom is -0.480 e. The average molecular weight is 477 g/mol. The highest BCUT2D eigenvalue weighted by molar-refractivity contribution is 5.96. The van der Waals surface area contributed by atoms with Crippen molar-refractivity contribution >= 4 is 23.8 Å². The number of carboxylic acid groups (broad SMARTS) is 1. The molecule has 4 rings (SSSR count). The summed E-state index contributed by atoms with van der Waals surface area (Å²) in [7, 11) is 1.56. The van der Waals surface area contributed by atoms with Gasteiger partial charge in [0, 0.05) is 19.0 Å². The van der Waals surface area contributed by atoms with Crippen molar-refractivity contribution in [2.24, 2.45) is 12.5 Å². The van der Waals surface area contributed by atoms with Gasteiger partial charge >= 0.3 is 12.1 Å². The van der Waals surface area contributed by atoms with Crippen LogP contribution < -0.4 is 10.6 Å². The van der Waals surface area contributed by atoms with Crippen molar-refractivity contribution in [3.63, 3.8) is 0 Å². The predicted octanol–water partition coefficient (Wildman–Crippen LogP) is 4.01. The van der Waals surface area contributed by atoms with Gasteiger partial charge in [0.25, 0.3) is 5.91 Å². The maximum Gasteiger partial charge on any atom is 0.412 e. The second-order valence-corrected chi connectivity index (χ2v) is 9.60. The molecular formula is C26H28N4O5. The number of carboxylic acids is 1. The van der Waals surface area contributed by atoms with Gasteiger partial charge in [-0.3, -0.25) is 14.8 Å². The maximum atomic E-state index is 12.6. The SMILES string of the molecule is Cn1nc(C(=O)N[C@H](C(=O)O)C(C)(C)C)cc1NC(=O)OCC1c2ccccc2-c2ccccc21. The summed E-state index contributed by atoms with van der Waals surface area (Å²) in [5.41, 5.74) is 3.76. The van der Waals surface area contributed by atoms with E-state index in [1.165, 1.54) is 10.7 Å². The first kappa shape index (κ1) is 24.0. The van der Waals surface area contributed by atoms with E-state index < -0.39 is 29.4 Å². The second-order valence-electron chi connectivity index (χ2n) is 9.60. The number of aliphatic carboxylic acids is 1. The van der Waals surface area contributed by atoms with Gasteiger partial charge in [0.05, 0.1) is 0 Å². The molecule has 0 bridgehead atoms. The first-order valence-corrected chi connectivity index (χ1v) is 11.3. The zero-order valence-corrected chi connectivity index (χ0v) is 20.0. The van der Waals surface area contributed by atoms with E-state index >= 15 is 0 Å². The molecule has 0 saturated carbocycles. The summed E-state index contributed by atoms with van der Waals surface area (Å²) in [6.07, 6.45) is -0.681. The van der Waals surface area contributed by atoms with Crippen LogP contribution in [0.4, 0.5) is 10.6 Å². The topological polar surface area (TPSA) is 123 Å². The number of rotatable bonds is 6. The van der Waals surface area contributed by atoms with E-state index in [1.807, 2.05) is 36.4 Å². The van der Waals surface area contributed by atoms with Crippen molar-refractivity contribution in [2.45, 2.75) is 32.7 Å². The molecule has 0 saturated heterocycles. The fourth-order valence-corrected chi connectivity index (χ4v) is 4.29. The van der Waals surface area contributed by atoms with E-state index in [1.54, 1.807) is 27.8 Å². The second kappa shape index (κ2) is 9.25. The quantitative estimate of drug-likeness (QED) is 0.494. The molecule has 9 nitrogen and oxygen atoms in total. The van der Waals surface area contributed by atoms with E-state index in [0.29, 0.717) is 0 Å².